The van der Waals surface area contributed by atoms with Crippen LogP contribution < -0.4 is 10.1 Å². The molecule has 29 heavy (non-hydrogen) atoms. The van der Waals surface area contributed by atoms with Gasteiger partial charge >= 0.3 is 5.97 Å². The highest BCUT2D eigenvalue weighted by atomic mass is 16.5. The standard InChI is InChI=1S/C22H21N3O4/c1-29-16-8-10-19-14(12-16)6-9-20-15(13-23-25(19)20)7-11-21(26)24-18-5-3-2-4-17(18)22(27)28/h2-5,8,10,12-13H,6-7,9,11H2,1H3,(H,24,26)(H,27,28). The fourth-order valence-electron chi connectivity index (χ4n) is 3.68. The van der Waals surface area contributed by atoms with E-state index in [2.05, 4.69) is 10.4 Å². The zero-order valence-corrected chi connectivity index (χ0v) is 16.0. The topological polar surface area (TPSA) is 93.4 Å². The second kappa shape index (κ2) is 7.79. The SMILES string of the molecule is COc1ccc2c(c1)CCc1c(CCC(=O)Nc3ccccc3C(=O)O)cnn1-2. The molecule has 0 bridgehead atoms. The number of benzene rings is 2. The lowest BCUT2D eigenvalue weighted by Crippen LogP contribution is -2.16. The summed E-state index contributed by atoms with van der Waals surface area (Å²) in [6.07, 6.45) is 4.35. The number of hydrogen-bond acceptors (Lipinski definition) is 4. The van der Waals surface area contributed by atoms with Gasteiger partial charge in [0.05, 0.1) is 30.2 Å². The summed E-state index contributed by atoms with van der Waals surface area (Å²) in [6, 6.07) is 12.3. The van der Waals surface area contributed by atoms with Crippen molar-refractivity contribution >= 4 is 17.6 Å². The average molecular weight is 391 g/mol. The van der Waals surface area contributed by atoms with Crippen LogP contribution in [-0.4, -0.2) is 33.9 Å². The van der Waals surface area contributed by atoms with Crippen molar-refractivity contribution in [2.75, 3.05) is 12.4 Å². The Morgan fingerprint density at radius 1 is 1.21 bits per heavy atom. The van der Waals surface area contributed by atoms with Crippen LogP contribution in [0.1, 0.15) is 33.6 Å². The average Bonchev–Trinajstić information content (AvgIpc) is 3.15. The molecule has 0 aliphatic carbocycles. The Balaban J connectivity index is 1.46. The van der Waals surface area contributed by atoms with E-state index < -0.39 is 5.97 Å². The van der Waals surface area contributed by atoms with Crippen molar-refractivity contribution in [3.8, 4) is 11.4 Å². The molecule has 2 heterocycles. The molecule has 1 aromatic heterocycles. The van der Waals surface area contributed by atoms with Gasteiger partial charge in [0, 0.05) is 12.1 Å². The van der Waals surface area contributed by atoms with Crippen LogP contribution in [0.25, 0.3) is 5.69 Å². The summed E-state index contributed by atoms with van der Waals surface area (Å²) < 4.78 is 7.24. The molecule has 2 N–H and O–H groups in total. The quantitative estimate of drug-likeness (QED) is 0.673. The molecule has 7 nitrogen and oxygen atoms in total. The van der Waals surface area contributed by atoms with Crippen LogP contribution in [0.15, 0.2) is 48.7 Å². The number of aromatic carboxylic acids is 1. The van der Waals surface area contributed by atoms with E-state index in [0.717, 1.165) is 35.5 Å². The number of nitrogens with zero attached hydrogens (tertiary/aromatic N) is 2. The molecular weight excluding hydrogens is 370 g/mol. The van der Waals surface area contributed by atoms with E-state index in [1.165, 1.54) is 11.6 Å². The Hall–Kier alpha value is -3.61. The zero-order valence-electron chi connectivity index (χ0n) is 16.0. The Labute approximate surface area is 167 Å². The second-order valence-electron chi connectivity index (χ2n) is 6.92. The summed E-state index contributed by atoms with van der Waals surface area (Å²) in [5.74, 6) is -0.459. The number of anilines is 1. The molecule has 1 aliphatic heterocycles. The molecule has 2 aromatic carbocycles. The second-order valence-corrected chi connectivity index (χ2v) is 6.92. The number of carboxylic acid groups (broad SMARTS) is 1. The normalized spacial score (nSPS) is 12.0. The molecule has 1 aliphatic rings. The number of nitrogens with one attached hydrogen (secondary N) is 1. The molecule has 3 aromatic rings. The first-order valence-electron chi connectivity index (χ1n) is 9.42. The monoisotopic (exact) mass is 391 g/mol. The van der Waals surface area contributed by atoms with Gasteiger partial charge in [-0.3, -0.25) is 4.79 Å². The number of carbonyl (C=O) groups excluding carboxylic acids is 1. The van der Waals surface area contributed by atoms with Gasteiger partial charge in [-0.05, 0) is 60.7 Å². The van der Waals surface area contributed by atoms with E-state index in [9.17, 15) is 14.7 Å². The van der Waals surface area contributed by atoms with Crippen molar-refractivity contribution in [3.05, 3.63) is 71.0 Å². The molecule has 1 amide bonds. The van der Waals surface area contributed by atoms with Gasteiger partial charge in [-0.25, -0.2) is 9.48 Å². The molecule has 0 atom stereocenters. The number of carbonyl (C=O) groups is 2. The van der Waals surface area contributed by atoms with Gasteiger partial charge in [-0.2, -0.15) is 5.10 Å². The molecule has 0 unspecified atom stereocenters. The van der Waals surface area contributed by atoms with Crippen LogP contribution >= 0.6 is 0 Å². The third-order valence-electron chi connectivity index (χ3n) is 5.15. The van der Waals surface area contributed by atoms with Crippen LogP contribution in [0.4, 0.5) is 5.69 Å². The predicted molar refractivity (Wildman–Crippen MR) is 108 cm³/mol. The number of rotatable bonds is 6. The minimum Gasteiger partial charge on any atom is -0.497 e. The number of aromatic nitrogens is 2. The molecule has 0 saturated heterocycles. The van der Waals surface area contributed by atoms with Crippen molar-refractivity contribution in [1.82, 2.24) is 9.78 Å². The highest BCUT2D eigenvalue weighted by Gasteiger charge is 2.21. The first kappa shape index (κ1) is 18.7. The molecule has 0 fully saturated rings. The lowest BCUT2D eigenvalue weighted by atomic mass is 9.98. The Morgan fingerprint density at radius 2 is 2.03 bits per heavy atom. The molecule has 0 radical (unpaired) electrons. The molecular formula is C22H21N3O4. The maximum absolute atomic E-state index is 12.4. The first-order chi connectivity index (χ1) is 14.1. The van der Waals surface area contributed by atoms with E-state index in [4.69, 9.17) is 4.74 Å². The summed E-state index contributed by atoms with van der Waals surface area (Å²) in [7, 11) is 1.65. The number of hydrogen-bond donors (Lipinski definition) is 2. The third kappa shape index (κ3) is 3.71. The van der Waals surface area contributed by atoms with E-state index >= 15 is 0 Å². The maximum Gasteiger partial charge on any atom is 0.337 e. The number of carboxylic acids is 1. The lowest BCUT2D eigenvalue weighted by Gasteiger charge is -2.19. The van der Waals surface area contributed by atoms with E-state index in [-0.39, 0.29) is 17.9 Å². The van der Waals surface area contributed by atoms with Gasteiger partial charge < -0.3 is 15.2 Å². The number of para-hydroxylation sites is 1. The minimum atomic E-state index is -1.07. The molecule has 0 spiro atoms. The number of aryl methyl sites for hydroxylation is 2. The van der Waals surface area contributed by atoms with Gasteiger partial charge in [-0.15, -0.1) is 0 Å². The fourth-order valence-corrected chi connectivity index (χ4v) is 3.68. The summed E-state index contributed by atoms with van der Waals surface area (Å²) >= 11 is 0. The Kier molecular flexibility index (Phi) is 5.03. The Morgan fingerprint density at radius 3 is 2.83 bits per heavy atom. The first-order valence-corrected chi connectivity index (χ1v) is 9.42. The van der Waals surface area contributed by atoms with Crippen LogP contribution in [0.5, 0.6) is 5.75 Å². The number of methoxy groups -OCH3 is 1. The van der Waals surface area contributed by atoms with Gasteiger partial charge in [0.2, 0.25) is 5.91 Å². The fraction of sp³-hybridized carbons (Fsp3) is 0.227. The lowest BCUT2D eigenvalue weighted by molar-refractivity contribution is -0.116. The molecule has 7 heteroatoms. The summed E-state index contributed by atoms with van der Waals surface area (Å²) in [5, 5.41) is 16.5. The van der Waals surface area contributed by atoms with Crippen LogP contribution in [-0.2, 0) is 24.1 Å². The minimum absolute atomic E-state index is 0.0794. The maximum atomic E-state index is 12.4. The zero-order chi connectivity index (χ0) is 20.4. The van der Waals surface area contributed by atoms with Gasteiger partial charge in [0.25, 0.3) is 0 Å². The van der Waals surface area contributed by atoms with Gasteiger partial charge in [-0.1, -0.05) is 12.1 Å². The van der Waals surface area contributed by atoms with Crippen molar-refractivity contribution in [2.24, 2.45) is 0 Å². The van der Waals surface area contributed by atoms with E-state index in [1.54, 1.807) is 25.3 Å². The predicted octanol–water partition coefficient (Wildman–Crippen LogP) is 3.25. The highest BCUT2D eigenvalue weighted by molar-refractivity contribution is 6.00. The summed E-state index contributed by atoms with van der Waals surface area (Å²) in [5.41, 5.74) is 4.77. The number of ether oxygens (including phenoxy) is 1. The summed E-state index contributed by atoms with van der Waals surface area (Å²) in [6.45, 7) is 0. The van der Waals surface area contributed by atoms with Gasteiger partial charge in [0.15, 0.2) is 0 Å². The number of fused-ring (bicyclic) bond motifs is 3. The largest absolute Gasteiger partial charge is 0.497 e. The van der Waals surface area contributed by atoms with Crippen LogP contribution in [0.2, 0.25) is 0 Å². The molecule has 0 saturated carbocycles. The van der Waals surface area contributed by atoms with Gasteiger partial charge in [0.1, 0.15) is 5.75 Å². The number of amides is 1. The van der Waals surface area contributed by atoms with E-state index in [1.807, 2.05) is 29.1 Å². The molecule has 148 valence electrons. The Bertz CT molecular complexity index is 1090. The van der Waals surface area contributed by atoms with Crippen molar-refractivity contribution in [1.29, 1.82) is 0 Å². The van der Waals surface area contributed by atoms with Crippen molar-refractivity contribution in [3.63, 3.8) is 0 Å². The summed E-state index contributed by atoms with van der Waals surface area (Å²) in [4.78, 5) is 23.7. The molecule has 4 rings (SSSR count). The van der Waals surface area contributed by atoms with Crippen molar-refractivity contribution < 1.29 is 19.4 Å². The van der Waals surface area contributed by atoms with Crippen LogP contribution in [0, 0.1) is 0 Å². The van der Waals surface area contributed by atoms with Crippen LogP contribution in [0.3, 0.4) is 0 Å². The third-order valence-corrected chi connectivity index (χ3v) is 5.15. The van der Waals surface area contributed by atoms with Crippen molar-refractivity contribution in [2.45, 2.75) is 25.7 Å². The highest BCUT2D eigenvalue weighted by Crippen LogP contribution is 2.29. The smallest absolute Gasteiger partial charge is 0.337 e. The van der Waals surface area contributed by atoms with E-state index in [0.29, 0.717) is 12.1 Å².